The molecule has 0 radical (unpaired) electrons. The van der Waals surface area contributed by atoms with E-state index in [0.717, 1.165) is 31.1 Å². The van der Waals surface area contributed by atoms with E-state index < -0.39 is 0 Å². The smallest absolute Gasteiger partial charge is 0.0787 e. The summed E-state index contributed by atoms with van der Waals surface area (Å²) in [6, 6.07) is 10.0. The molecule has 2 aliphatic heterocycles. The summed E-state index contributed by atoms with van der Waals surface area (Å²) >= 11 is 0. The Morgan fingerprint density at radius 2 is 1.85 bits per heavy atom. The van der Waals surface area contributed by atoms with Crippen LogP contribution in [0, 0.1) is 0 Å². The van der Waals surface area contributed by atoms with Crippen LogP contribution in [0.4, 0.5) is 5.69 Å². The second kappa shape index (κ2) is 5.74. The lowest BCUT2D eigenvalue weighted by atomic mass is 10.1. The van der Waals surface area contributed by atoms with Crippen molar-refractivity contribution in [2.45, 2.75) is 50.8 Å². The van der Waals surface area contributed by atoms with Crippen molar-refractivity contribution in [2.75, 3.05) is 25.0 Å². The van der Waals surface area contributed by atoms with Gasteiger partial charge in [-0.05, 0) is 50.4 Å². The molecule has 1 N–H and O–H groups in total. The van der Waals surface area contributed by atoms with Gasteiger partial charge in [-0.1, -0.05) is 19.1 Å². The third kappa shape index (κ3) is 2.57. The molecule has 2 saturated heterocycles. The molecular weight excluding hydrogens is 248 g/mol. The lowest BCUT2D eigenvalue weighted by molar-refractivity contribution is 0.173. The average molecular weight is 274 g/mol. The van der Waals surface area contributed by atoms with Crippen molar-refractivity contribution in [3.05, 3.63) is 29.8 Å². The zero-order valence-electron chi connectivity index (χ0n) is 12.6. The Labute approximate surface area is 122 Å². The third-order valence-electron chi connectivity index (χ3n) is 5.18. The van der Waals surface area contributed by atoms with Gasteiger partial charge < -0.3 is 10.0 Å². The van der Waals surface area contributed by atoms with Crippen molar-refractivity contribution in [1.82, 2.24) is 4.90 Å². The number of rotatable bonds is 3. The number of hydrogen-bond donors (Lipinski definition) is 1. The van der Waals surface area contributed by atoms with Gasteiger partial charge in [-0.15, -0.1) is 0 Å². The van der Waals surface area contributed by atoms with E-state index in [4.69, 9.17) is 0 Å². The van der Waals surface area contributed by atoms with Crippen LogP contribution < -0.4 is 4.90 Å². The predicted octanol–water partition coefficient (Wildman–Crippen LogP) is 2.80. The number of aliphatic hydroxyl groups excluding tert-OH is 1. The number of likely N-dealkylation sites (N-methyl/N-ethyl adjacent to an activating group) is 1. The quantitative estimate of drug-likeness (QED) is 0.918. The van der Waals surface area contributed by atoms with Gasteiger partial charge in [-0.3, -0.25) is 4.90 Å². The van der Waals surface area contributed by atoms with Gasteiger partial charge in [0.1, 0.15) is 0 Å². The van der Waals surface area contributed by atoms with Crippen molar-refractivity contribution >= 4 is 5.69 Å². The zero-order chi connectivity index (χ0) is 14.1. The maximum atomic E-state index is 9.88. The van der Waals surface area contributed by atoms with E-state index in [1.165, 1.54) is 24.9 Å². The normalized spacial score (nSPS) is 28.4. The maximum absolute atomic E-state index is 9.88. The Morgan fingerprint density at radius 3 is 2.55 bits per heavy atom. The molecule has 2 aliphatic rings. The molecule has 0 amide bonds. The number of hydrogen-bond acceptors (Lipinski definition) is 3. The van der Waals surface area contributed by atoms with E-state index in [-0.39, 0.29) is 6.10 Å². The van der Waals surface area contributed by atoms with Gasteiger partial charge in [0.05, 0.1) is 6.10 Å². The highest BCUT2D eigenvalue weighted by atomic mass is 16.3. The molecule has 20 heavy (non-hydrogen) atoms. The Balaban J connectivity index is 1.73. The highest BCUT2D eigenvalue weighted by Crippen LogP contribution is 2.31. The zero-order valence-corrected chi connectivity index (χ0v) is 12.6. The first-order valence-corrected chi connectivity index (χ1v) is 7.94. The van der Waals surface area contributed by atoms with Crippen LogP contribution in [0.15, 0.2) is 24.3 Å². The summed E-state index contributed by atoms with van der Waals surface area (Å²) in [5.74, 6) is 0. The van der Waals surface area contributed by atoms with Gasteiger partial charge in [0.25, 0.3) is 0 Å². The molecule has 0 aromatic heterocycles. The van der Waals surface area contributed by atoms with Crippen LogP contribution in [0.3, 0.4) is 0 Å². The highest BCUT2D eigenvalue weighted by Gasteiger charge is 2.34. The molecule has 110 valence electrons. The second-order valence-corrected chi connectivity index (χ2v) is 6.30. The SMILES string of the molecule is CC[C@@H](O)c1ccc(N2CCC3CCC(C2)N3C)cc1. The molecule has 3 rings (SSSR count). The standard InChI is InChI=1S/C17H26N2O/c1-3-17(20)13-4-6-15(7-5-13)19-11-10-14-8-9-16(12-19)18(14)2/h4-7,14,16-17,20H,3,8-12H2,1-2H3/t14?,16?,17-/m1/s1. The van der Waals surface area contributed by atoms with Crippen molar-refractivity contribution in [3.63, 3.8) is 0 Å². The van der Waals surface area contributed by atoms with Crippen LogP contribution in [0.1, 0.15) is 44.3 Å². The summed E-state index contributed by atoms with van der Waals surface area (Å²) in [4.78, 5) is 5.09. The monoisotopic (exact) mass is 274 g/mol. The number of fused-ring (bicyclic) bond motifs is 2. The van der Waals surface area contributed by atoms with E-state index >= 15 is 0 Å². The van der Waals surface area contributed by atoms with E-state index in [2.05, 4.69) is 41.1 Å². The molecule has 3 heteroatoms. The highest BCUT2D eigenvalue weighted by molar-refractivity contribution is 5.48. The third-order valence-corrected chi connectivity index (χ3v) is 5.18. The average Bonchev–Trinajstić information content (AvgIpc) is 2.72. The Hall–Kier alpha value is -1.06. The first-order chi connectivity index (χ1) is 9.69. The predicted molar refractivity (Wildman–Crippen MR) is 83.1 cm³/mol. The Morgan fingerprint density at radius 1 is 1.15 bits per heavy atom. The van der Waals surface area contributed by atoms with Crippen molar-refractivity contribution in [2.24, 2.45) is 0 Å². The fourth-order valence-corrected chi connectivity index (χ4v) is 3.69. The van der Waals surface area contributed by atoms with Crippen LogP contribution in [0.25, 0.3) is 0 Å². The van der Waals surface area contributed by atoms with E-state index in [1.807, 2.05) is 6.92 Å². The van der Waals surface area contributed by atoms with Crippen molar-refractivity contribution < 1.29 is 5.11 Å². The molecule has 2 bridgehead atoms. The van der Waals surface area contributed by atoms with E-state index in [0.29, 0.717) is 6.04 Å². The maximum Gasteiger partial charge on any atom is 0.0787 e. The summed E-state index contributed by atoms with van der Waals surface area (Å²) < 4.78 is 0. The Bertz CT molecular complexity index is 445. The minimum absolute atomic E-state index is 0.324. The molecule has 2 fully saturated rings. The summed E-state index contributed by atoms with van der Waals surface area (Å²) in [6.07, 6.45) is 4.43. The van der Waals surface area contributed by atoms with Crippen LogP contribution in [-0.2, 0) is 0 Å². The molecule has 1 aromatic carbocycles. The van der Waals surface area contributed by atoms with Gasteiger partial charge in [0.15, 0.2) is 0 Å². The largest absolute Gasteiger partial charge is 0.388 e. The summed E-state index contributed by atoms with van der Waals surface area (Å²) in [7, 11) is 2.28. The lowest BCUT2D eigenvalue weighted by Gasteiger charge is -2.27. The molecule has 0 saturated carbocycles. The molecule has 2 heterocycles. The minimum Gasteiger partial charge on any atom is -0.388 e. The van der Waals surface area contributed by atoms with Crippen LogP contribution >= 0.6 is 0 Å². The topological polar surface area (TPSA) is 26.7 Å². The van der Waals surface area contributed by atoms with Crippen LogP contribution in [0.2, 0.25) is 0 Å². The molecule has 3 nitrogen and oxygen atoms in total. The molecule has 3 atom stereocenters. The molecular formula is C17H26N2O. The lowest BCUT2D eigenvalue weighted by Crippen LogP contribution is -2.36. The number of anilines is 1. The first-order valence-electron chi connectivity index (χ1n) is 7.94. The fourth-order valence-electron chi connectivity index (χ4n) is 3.69. The molecule has 1 aromatic rings. The van der Waals surface area contributed by atoms with Gasteiger partial charge in [0.2, 0.25) is 0 Å². The summed E-state index contributed by atoms with van der Waals surface area (Å²) in [5.41, 5.74) is 2.34. The number of nitrogens with zero attached hydrogens (tertiary/aromatic N) is 2. The molecule has 2 unspecified atom stereocenters. The fraction of sp³-hybridized carbons (Fsp3) is 0.647. The Kier molecular flexibility index (Phi) is 3.99. The van der Waals surface area contributed by atoms with E-state index in [9.17, 15) is 5.11 Å². The van der Waals surface area contributed by atoms with Crippen LogP contribution in [0.5, 0.6) is 0 Å². The van der Waals surface area contributed by atoms with Gasteiger partial charge in [0, 0.05) is 30.9 Å². The first kappa shape index (κ1) is 13.9. The van der Waals surface area contributed by atoms with Crippen molar-refractivity contribution in [3.8, 4) is 0 Å². The van der Waals surface area contributed by atoms with Gasteiger partial charge in [-0.25, -0.2) is 0 Å². The van der Waals surface area contributed by atoms with Crippen molar-refractivity contribution in [1.29, 1.82) is 0 Å². The minimum atomic E-state index is -0.324. The van der Waals surface area contributed by atoms with Gasteiger partial charge in [-0.2, -0.15) is 0 Å². The van der Waals surface area contributed by atoms with Gasteiger partial charge >= 0.3 is 0 Å². The number of aliphatic hydroxyl groups is 1. The second-order valence-electron chi connectivity index (χ2n) is 6.30. The summed E-state index contributed by atoms with van der Waals surface area (Å²) in [6.45, 7) is 4.31. The van der Waals surface area contributed by atoms with Crippen LogP contribution in [-0.4, -0.2) is 42.2 Å². The molecule has 0 aliphatic carbocycles. The van der Waals surface area contributed by atoms with E-state index in [1.54, 1.807) is 0 Å². The number of benzene rings is 1. The molecule has 0 spiro atoms. The summed E-state index contributed by atoms with van der Waals surface area (Å²) in [5, 5.41) is 9.88.